The third kappa shape index (κ3) is 4.77. The number of anilines is 1. The van der Waals surface area contributed by atoms with E-state index in [0.717, 1.165) is 5.56 Å². The topological polar surface area (TPSA) is 92.3 Å². The molecule has 1 heterocycles. The number of nitrogens with one attached hydrogen (secondary N) is 1. The Balaban J connectivity index is 1.85. The van der Waals surface area contributed by atoms with Crippen molar-refractivity contribution in [2.45, 2.75) is 6.92 Å². The van der Waals surface area contributed by atoms with E-state index in [1.54, 1.807) is 54.6 Å². The van der Waals surface area contributed by atoms with Crippen LogP contribution in [0.5, 0.6) is 0 Å². The lowest BCUT2D eigenvalue weighted by Crippen LogP contribution is -2.13. The van der Waals surface area contributed by atoms with Gasteiger partial charge in [0, 0.05) is 22.3 Å². The van der Waals surface area contributed by atoms with E-state index in [0.29, 0.717) is 33.4 Å². The minimum Gasteiger partial charge on any atom is -0.465 e. The summed E-state index contributed by atoms with van der Waals surface area (Å²) in [6.07, 6.45) is 1.36. The van der Waals surface area contributed by atoms with Crippen molar-refractivity contribution < 1.29 is 18.7 Å². The molecular formula is C23H17ClN2O4. The second-order valence-corrected chi connectivity index (χ2v) is 6.79. The van der Waals surface area contributed by atoms with Crippen LogP contribution in [0.4, 0.5) is 5.69 Å². The van der Waals surface area contributed by atoms with Crippen LogP contribution in [0.15, 0.2) is 64.6 Å². The van der Waals surface area contributed by atoms with Gasteiger partial charge in [0.2, 0.25) is 0 Å². The lowest BCUT2D eigenvalue weighted by atomic mass is 10.0. The maximum atomic E-state index is 12.4. The van der Waals surface area contributed by atoms with E-state index < -0.39 is 11.9 Å². The summed E-state index contributed by atoms with van der Waals surface area (Å²) in [5, 5.41) is 12.6. The van der Waals surface area contributed by atoms with Gasteiger partial charge >= 0.3 is 5.97 Å². The van der Waals surface area contributed by atoms with Gasteiger partial charge in [-0.3, -0.25) is 4.79 Å². The molecule has 1 amide bonds. The van der Waals surface area contributed by atoms with Gasteiger partial charge in [-0.1, -0.05) is 17.7 Å². The fraction of sp³-hybridized carbons (Fsp3) is 0.0870. The molecule has 0 spiro atoms. The number of ether oxygens (including phenoxy) is 1. The average molecular weight is 421 g/mol. The van der Waals surface area contributed by atoms with Gasteiger partial charge in [0.25, 0.3) is 5.91 Å². The summed E-state index contributed by atoms with van der Waals surface area (Å²) in [4.78, 5) is 24.2. The Hall–Kier alpha value is -3.82. The predicted octanol–water partition coefficient (Wildman–Crippen LogP) is 5.24. The number of hydrogen-bond acceptors (Lipinski definition) is 5. The van der Waals surface area contributed by atoms with E-state index in [1.165, 1.54) is 13.2 Å². The minimum atomic E-state index is -0.568. The van der Waals surface area contributed by atoms with Crippen LogP contribution in [-0.2, 0) is 9.53 Å². The molecule has 1 N–H and O–H groups in total. The number of benzene rings is 2. The monoisotopic (exact) mass is 420 g/mol. The standard InChI is InChI=1S/C23H17ClN2O4/c1-14-3-4-15(23(28)29-2)12-20(14)21-10-9-19(30-21)11-16(13-25)22(27)26-18-7-5-17(24)6-8-18/h3-12H,1-2H3,(H,26,27)/b16-11-. The number of carbonyl (C=O) groups is 2. The third-order valence-electron chi connectivity index (χ3n) is 4.30. The van der Waals surface area contributed by atoms with Gasteiger partial charge < -0.3 is 14.5 Å². The maximum absolute atomic E-state index is 12.4. The van der Waals surface area contributed by atoms with Crippen molar-refractivity contribution in [3.63, 3.8) is 0 Å². The molecule has 3 aromatic rings. The Morgan fingerprint density at radius 2 is 1.87 bits per heavy atom. The summed E-state index contributed by atoms with van der Waals surface area (Å²) in [5.74, 6) is -0.189. The summed E-state index contributed by atoms with van der Waals surface area (Å²) in [6.45, 7) is 1.88. The van der Waals surface area contributed by atoms with Gasteiger partial charge in [-0.2, -0.15) is 5.26 Å². The van der Waals surface area contributed by atoms with Gasteiger partial charge in [-0.05, 0) is 61.0 Å². The highest BCUT2D eigenvalue weighted by Gasteiger charge is 2.14. The van der Waals surface area contributed by atoms with Crippen molar-refractivity contribution in [1.82, 2.24) is 0 Å². The lowest BCUT2D eigenvalue weighted by Gasteiger charge is -2.06. The molecule has 0 bridgehead atoms. The smallest absolute Gasteiger partial charge is 0.337 e. The van der Waals surface area contributed by atoms with Gasteiger partial charge in [-0.15, -0.1) is 0 Å². The molecule has 0 fully saturated rings. The molecule has 1 aromatic heterocycles. The molecule has 3 rings (SSSR count). The average Bonchev–Trinajstić information content (AvgIpc) is 3.21. The maximum Gasteiger partial charge on any atom is 0.337 e. The first-order valence-electron chi connectivity index (χ1n) is 8.89. The third-order valence-corrected chi connectivity index (χ3v) is 4.56. The van der Waals surface area contributed by atoms with Crippen molar-refractivity contribution in [2.75, 3.05) is 12.4 Å². The largest absolute Gasteiger partial charge is 0.465 e. The van der Waals surface area contributed by atoms with Crippen LogP contribution < -0.4 is 5.32 Å². The molecule has 150 valence electrons. The lowest BCUT2D eigenvalue weighted by molar-refractivity contribution is -0.112. The molecule has 0 unspecified atom stereocenters. The Morgan fingerprint density at radius 1 is 1.13 bits per heavy atom. The normalized spacial score (nSPS) is 10.9. The summed E-state index contributed by atoms with van der Waals surface area (Å²) >= 11 is 5.83. The zero-order valence-corrected chi connectivity index (χ0v) is 17.0. The number of hydrogen-bond donors (Lipinski definition) is 1. The van der Waals surface area contributed by atoms with Crippen LogP contribution in [-0.4, -0.2) is 19.0 Å². The van der Waals surface area contributed by atoms with Crippen molar-refractivity contribution in [3.05, 3.63) is 82.1 Å². The number of nitriles is 1. The van der Waals surface area contributed by atoms with Gasteiger partial charge in [0.05, 0.1) is 12.7 Å². The number of carbonyl (C=O) groups excluding carboxylic acids is 2. The second-order valence-electron chi connectivity index (χ2n) is 6.35. The summed E-state index contributed by atoms with van der Waals surface area (Å²) in [5.41, 5.74) is 2.40. The van der Waals surface area contributed by atoms with E-state index in [2.05, 4.69) is 5.32 Å². The first kappa shape index (κ1) is 20.9. The van der Waals surface area contributed by atoms with Crippen LogP contribution >= 0.6 is 11.6 Å². The van der Waals surface area contributed by atoms with Gasteiger partial charge in [0.1, 0.15) is 23.2 Å². The van der Waals surface area contributed by atoms with E-state index in [9.17, 15) is 14.9 Å². The van der Waals surface area contributed by atoms with Crippen LogP contribution in [0.25, 0.3) is 17.4 Å². The van der Waals surface area contributed by atoms with Crippen LogP contribution in [0, 0.1) is 18.3 Å². The van der Waals surface area contributed by atoms with E-state index >= 15 is 0 Å². The highest BCUT2D eigenvalue weighted by molar-refractivity contribution is 6.30. The Labute approximate surface area is 178 Å². The zero-order chi connectivity index (χ0) is 21.7. The fourth-order valence-corrected chi connectivity index (χ4v) is 2.86. The number of rotatable bonds is 5. The minimum absolute atomic E-state index is 0.120. The molecule has 0 aliphatic rings. The molecule has 0 saturated heterocycles. The summed E-state index contributed by atoms with van der Waals surface area (Å²) < 4.78 is 10.5. The molecule has 0 atom stereocenters. The molecule has 0 radical (unpaired) electrons. The highest BCUT2D eigenvalue weighted by Crippen LogP contribution is 2.28. The highest BCUT2D eigenvalue weighted by atomic mass is 35.5. The second kappa shape index (κ2) is 9.12. The first-order valence-corrected chi connectivity index (χ1v) is 9.27. The zero-order valence-electron chi connectivity index (χ0n) is 16.2. The van der Waals surface area contributed by atoms with Crippen molar-refractivity contribution in [2.24, 2.45) is 0 Å². The Bertz CT molecular complexity index is 1170. The fourth-order valence-electron chi connectivity index (χ4n) is 2.73. The molecule has 2 aromatic carbocycles. The van der Waals surface area contributed by atoms with Crippen molar-refractivity contribution in [1.29, 1.82) is 5.26 Å². The molecule has 0 saturated carbocycles. The van der Waals surface area contributed by atoms with Crippen LogP contribution in [0.3, 0.4) is 0 Å². The number of esters is 1. The SMILES string of the molecule is COC(=O)c1ccc(C)c(-c2ccc(/C=C(/C#N)C(=O)Nc3ccc(Cl)cc3)o2)c1. The van der Waals surface area contributed by atoms with Gasteiger partial charge in [-0.25, -0.2) is 4.79 Å². The summed E-state index contributed by atoms with van der Waals surface area (Å²) in [6, 6.07) is 16.9. The van der Waals surface area contributed by atoms with Crippen LogP contribution in [0.1, 0.15) is 21.7 Å². The molecule has 0 aliphatic heterocycles. The number of furan rings is 1. The molecule has 30 heavy (non-hydrogen) atoms. The van der Waals surface area contributed by atoms with E-state index in [1.807, 2.05) is 13.0 Å². The predicted molar refractivity (Wildman–Crippen MR) is 114 cm³/mol. The molecule has 7 heteroatoms. The van der Waals surface area contributed by atoms with Crippen molar-refractivity contribution >= 4 is 35.2 Å². The first-order chi connectivity index (χ1) is 14.4. The number of amides is 1. The molecule has 0 aliphatic carbocycles. The van der Waals surface area contributed by atoms with E-state index in [-0.39, 0.29) is 5.57 Å². The number of halogens is 1. The van der Waals surface area contributed by atoms with Crippen LogP contribution in [0.2, 0.25) is 5.02 Å². The molecule has 6 nitrogen and oxygen atoms in total. The Kier molecular flexibility index (Phi) is 6.35. The number of methoxy groups -OCH3 is 1. The number of nitrogens with zero attached hydrogens (tertiary/aromatic N) is 1. The quantitative estimate of drug-likeness (QED) is 0.346. The van der Waals surface area contributed by atoms with E-state index in [4.69, 9.17) is 20.8 Å². The summed E-state index contributed by atoms with van der Waals surface area (Å²) in [7, 11) is 1.32. The Morgan fingerprint density at radius 3 is 2.53 bits per heavy atom. The van der Waals surface area contributed by atoms with Crippen molar-refractivity contribution in [3.8, 4) is 17.4 Å². The van der Waals surface area contributed by atoms with Gasteiger partial charge in [0.15, 0.2) is 0 Å². The number of aryl methyl sites for hydroxylation is 1. The molecular weight excluding hydrogens is 404 g/mol.